The maximum atomic E-state index is 4.90. The maximum absolute atomic E-state index is 4.90. The number of aromatic nitrogens is 3. The van der Waals surface area contributed by atoms with E-state index in [-0.39, 0.29) is 4.75 Å². The van der Waals surface area contributed by atoms with Gasteiger partial charge in [0.15, 0.2) is 5.96 Å². The molecule has 140 valence electrons. The molecule has 7 heteroatoms. The molecule has 1 saturated heterocycles. The normalized spacial score (nSPS) is 17.3. The van der Waals surface area contributed by atoms with Gasteiger partial charge in [0.2, 0.25) is 0 Å². The molecule has 0 saturated carbocycles. The molecule has 1 aliphatic rings. The fourth-order valence-corrected chi connectivity index (χ4v) is 4.23. The molecular weight excluding hydrogens is 344 g/mol. The minimum atomic E-state index is 0.270. The van der Waals surface area contributed by atoms with Crippen LogP contribution in [0.2, 0.25) is 0 Å². The molecule has 1 N–H and O–H groups in total. The van der Waals surface area contributed by atoms with Crippen molar-refractivity contribution in [3.8, 4) is 0 Å². The van der Waals surface area contributed by atoms with Crippen LogP contribution in [0, 0.1) is 0 Å². The third kappa shape index (κ3) is 5.24. The summed E-state index contributed by atoms with van der Waals surface area (Å²) < 4.78 is 2.10. The Kier molecular flexibility index (Phi) is 6.19. The number of aliphatic imine (C=N–C) groups is 1. The third-order valence-corrected chi connectivity index (χ3v) is 5.57. The first-order valence-corrected chi connectivity index (χ1v) is 10.1. The lowest BCUT2D eigenvalue weighted by Gasteiger charge is -2.39. The number of hydrogen-bond donors (Lipinski definition) is 1. The highest BCUT2D eigenvalue weighted by molar-refractivity contribution is 8.00. The van der Waals surface area contributed by atoms with Gasteiger partial charge in [-0.3, -0.25) is 0 Å². The van der Waals surface area contributed by atoms with Gasteiger partial charge in [0, 0.05) is 30.1 Å². The fourth-order valence-electron chi connectivity index (χ4n) is 3.12. The predicted molar refractivity (Wildman–Crippen MR) is 108 cm³/mol. The van der Waals surface area contributed by atoms with Crippen molar-refractivity contribution in [1.29, 1.82) is 0 Å². The molecule has 0 atom stereocenters. The van der Waals surface area contributed by atoms with E-state index in [4.69, 9.17) is 4.99 Å². The molecule has 0 spiro atoms. The number of guanidine groups is 1. The molecule has 2 heterocycles. The Hall–Kier alpha value is -2.02. The van der Waals surface area contributed by atoms with E-state index in [1.165, 1.54) is 11.1 Å². The van der Waals surface area contributed by atoms with Crippen LogP contribution in [0.15, 0.2) is 41.9 Å². The highest BCUT2D eigenvalue weighted by Crippen LogP contribution is 2.29. The van der Waals surface area contributed by atoms with E-state index in [1.807, 2.05) is 16.4 Å². The van der Waals surface area contributed by atoms with Crippen LogP contribution in [0.25, 0.3) is 0 Å². The Morgan fingerprint density at radius 2 is 2.19 bits per heavy atom. The molecule has 1 aromatic carbocycles. The number of hydrogen-bond acceptors (Lipinski definition) is 4. The molecule has 1 aliphatic heterocycles. The molecule has 0 aliphatic carbocycles. The largest absolute Gasteiger partial charge is 0.357 e. The molecule has 2 aromatic rings. The summed E-state index contributed by atoms with van der Waals surface area (Å²) in [6, 6.07) is 8.54. The lowest BCUT2D eigenvalue weighted by Crippen LogP contribution is -2.50. The van der Waals surface area contributed by atoms with Crippen molar-refractivity contribution in [3.63, 3.8) is 0 Å². The highest BCUT2D eigenvalue weighted by atomic mass is 32.2. The van der Waals surface area contributed by atoms with E-state index in [1.54, 1.807) is 12.7 Å². The zero-order valence-electron chi connectivity index (χ0n) is 15.9. The Balaban J connectivity index is 1.69. The summed E-state index contributed by atoms with van der Waals surface area (Å²) in [5.74, 6) is 2.16. The van der Waals surface area contributed by atoms with E-state index in [0.29, 0.717) is 6.54 Å². The maximum Gasteiger partial charge on any atom is 0.194 e. The Morgan fingerprint density at radius 3 is 2.92 bits per heavy atom. The van der Waals surface area contributed by atoms with Gasteiger partial charge in [-0.15, -0.1) is 0 Å². The van der Waals surface area contributed by atoms with E-state index < -0.39 is 0 Å². The van der Waals surface area contributed by atoms with Crippen LogP contribution in [0.3, 0.4) is 0 Å². The highest BCUT2D eigenvalue weighted by Gasteiger charge is 2.28. The van der Waals surface area contributed by atoms with Crippen LogP contribution in [0.5, 0.6) is 0 Å². The van der Waals surface area contributed by atoms with Gasteiger partial charge in [-0.1, -0.05) is 24.3 Å². The van der Waals surface area contributed by atoms with Gasteiger partial charge in [-0.2, -0.15) is 16.9 Å². The van der Waals surface area contributed by atoms with Gasteiger partial charge in [-0.25, -0.2) is 14.7 Å². The molecule has 0 unspecified atom stereocenters. The van der Waals surface area contributed by atoms with Crippen molar-refractivity contribution < 1.29 is 0 Å². The minimum Gasteiger partial charge on any atom is -0.357 e. The Labute approximate surface area is 160 Å². The lowest BCUT2D eigenvalue weighted by atomic mass is 10.1. The predicted octanol–water partition coefficient (Wildman–Crippen LogP) is 2.62. The van der Waals surface area contributed by atoms with Crippen LogP contribution in [0.4, 0.5) is 0 Å². The first-order valence-electron chi connectivity index (χ1n) is 9.13. The van der Waals surface area contributed by atoms with Crippen LogP contribution in [-0.2, 0) is 13.1 Å². The van der Waals surface area contributed by atoms with Crippen LogP contribution < -0.4 is 5.32 Å². The molecular formula is C19H28N6S. The molecule has 0 radical (unpaired) electrons. The average Bonchev–Trinajstić information content (AvgIpc) is 3.11. The SMILES string of the molecule is CCNC(=NCc1cccc(Cn2cncn2)c1)N1CCSC(C)(C)C1. The molecule has 1 aromatic heterocycles. The van der Waals surface area contributed by atoms with Crippen LogP contribution in [0.1, 0.15) is 31.9 Å². The number of thioether (sulfide) groups is 1. The smallest absolute Gasteiger partial charge is 0.194 e. The summed E-state index contributed by atoms with van der Waals surface area (Å²) >= 11 is 2.04. The summed E-state index contributed by atoms with van der Waals surface area (Å²) in [5, 5.41) is 7.63. The van der Waals surface area contributed by atoms with Crippen molar-refractivity contribution in [1.82, 2.24) is 25.0 Å². The number of benzene rings is 1. The standard InChI is InChI=1S/C19H28N6S/c1-4-21-18(24-8-9-26-19(2,3)13-24)22-11-16-6-5-7-17(10-16)12-25-15-20-14-23-25/h5-7,10,14-15H,4,8-9,11-13H2,1-3H3,(H,21,22). The molecule has 26 heavy (non-hydrogen) atoms. The summed E-state index contributed by atoms with van der Waals surface area (Å²) in [6.45, 7) is 11.1. The van der Waals surface area contributed by atoms with Crippen LogP contribution in [-0.4, -0.2) is 55.8 Å². The zero-order chi connectivity index (χ0) is 18.4. The second-order valence-electron chi connectivity index (χ2n) is 7.11. The van der Waals surface area contributed by atoms with Crippen molar-refractivity contribution in [2.24, 2.45) is 4.99 Å². The Bertz CT molecular complexity index is 725. The van der Waals surface area contributed by atoms with E-state index in [0.717, 1.165) is 37.9 Å². The van der Waals surface area contributed by atoms with E-state index in [2.05, 4.69) is 65.3 Å². The van der Waals surface area contributed by atoms with E-state index in [9.17, 15) is 0 Å². The molecule has 3 rings (SSSR count). The molecule has 0 amide bonds. The number of rotatable bonds is 5. The lowest BCUT2D eigenvalue weighted by molar-refractivity contribution is 0.376. The van der Waals surface area contributed by atoms with Gasteiger partial charge >= 0.3 is 0 Å². The van der Waals surface area contributed by atoms with Crippen molar-refractivity contribution in [2.75, 3.05) is 25.4 Å². The van der Waals surface area contributed by atoms with Gasteiger partial charge in [0.05, 0.1) is 13.1 Å². The topological polar surface area (TPSA) is 58.3 Å². The summed E-state index contributed by atoms with van der Waals surface area (Å²) in [4.78, 5) is 11.3. The van der Waals surface area contributed by atoms with Gasteiger partial charge in [0.1, 0.15) is 12.7 Å². The first kappa shape index (κ1) is 18.8. The summed E-state index contributed by atoms with van der Waals surface area (Å²) in [5.41, 5.74) is 2.42. The van der Waals surface area contributed by atoms with E-state index >= 15 is 0 Å². The summed E-state index contributed by atoms with van der Waals surface area (Å²) in [7, 11) is 0. The summed E-state index contributed by atoms with van der Waals surface area (Å²) in [6.07, 6.45) is 3.31. The molecule has 1 fully saturated rings. The Morgan fingerprint density at radius 1 is 1.35 bits per heavy atom. The molecule has 6 nitrogen and oxygen atoms in total. The van der Waals surface area contributed by atoms with Gasteiger partial charge in [-0.05, 0) is 31.9 Å². The quantitative estimate of drug-likeness (QED) is 0.646. The van der Waals surface area contributed by atoms with Gasteiger partial charge in [0.25, 0.3) is 0 Å². The minimum absolute atomic E-state index is 0.270. The monoisotopic (exact) mass is 372 g/mol. The second kappa shape index (κ2) is 8.58. The van der Waals surface area contributed by atoms with Crippen molar-refractivity contribution >= 4 is 17.7 Å². The second-order valence-corrected chi connectivity index (χ2v) is 8.91. The third-order valence-electron chi connectivity index (χ3n) is 4.27. The number of nitrogens with one attached hydrogen (secondary N) is 1. The fraction of sp³-hybridized carbons (Fsp3) is 0.526. The van der Waals surface area contributed by atoms with Crippen LogP contribution >= 0.6 is 11.8 Å². The zero-order valence-corrected chi connectivity index (χ0v) is 16.7. The van der Waals surface area contributed by atoms with Crippen molar-refractivity contribution in [2.45, 2.75) is 38.6 Å². The average molecular weight is 373 g/mol. The number of nitrogens with zero attached hydrogens (tertiary/aromatic N) is 5. The first-order chi connectivity index (χ1) is 12.6. The molecule has 0 bridgehead atoms. The van der Waals surface area contributed by atoms with Gasteiger partial charge < -0.3 is 10.2 Å². The van der Waals surface area contributed by atoms with Crippen molar-refractivity contribution in [3.05, 3.63) is 48.0 Å².